The topological polar surface area (TPSA) is 77.9 Å². The molecule has 7 heteroatoms. The molecule has 0 atom stereocenters. The third-order valence-electron chi connectivity index (χ3n) is 2.91. The summed E-state index contributed by atoms with van der Waals surface area (Å²) in [5.41, 5.74) is 2.20. The molecule has 0 amide bonds. The lowest BCUT2D eigenvalue weighted by atomic mass is 10.0. The molecule has 0 fully saturated rings. The number of benzene rings is 1. The number of methoxy groups -OCH3 is 3. The van der Waals surface area contributed by atoms with Crippen LogP contribution in [-0.4, -0.2) is 37.4 Å². The minimum absolute atomic E-state index is 0.0723. The number of esters is 1. The van der Waals surface area contributed by atoms with Gasteiger partial charge in [0.25, 0.3) is 0 Å². The van der Waals surface area contributed by atoms with Gasteiger partial charge in [0.1, 0.15) is 17.1 Å². The summed E-state index contributed by atoms with van der Waals surface area (Å²) in [6.45, 7) is 0. The van der Waals surface area contributed by atoms with Gasteiger partial charge in [-0.15, -0.1) is 11.3 Å². The Hall–Kier alpha value is -2.54. The Bertz CT molecular complexity index is 708. The smallest absolute Gasteiger partial charge is 0.342 e. The van der Waals surface area contributed by atoms with Crippen molar-refractivity contribution < 1.29 is 24.1 Å². The number of hydrogen-bond acceptors (Lipinski definition) is 7. The van der Waals surface area contributed by atoms with E-state index in [9.17, 15) is 9.90 Å². The lowest BCUT2D eigenvalue weighted by Gasteiger charge is -2.09. The Morgan fingerprint density at radius 2 is 2.00 bits per heavy atom. The monoisotopic (exact) mass is 321 g/mol. The highest BCUT2D eigenvalue weighted by molar-refractivity contribution is 7.10. The molecule has 22 heavy (non-hydrogen) atoms. The summed E-state index contributed by atoms with van der Waals surface area (Å²) in [7, 11) is 4.27. The van der Waals surface area contributed by atoms with E-state index in [4.69, 9.17) is 14.2 Å². The number of aromatic hydroxyl groups is 1. The van der Waals surface area contributed by atoms with Crippen LogP contribution in [-0.2, 0) is 4.74 Å². The molecule has 1 N–H and O–H groups in total. The summed E-state index contributed by atoms with van der Waals surface area (Å²) >= 11 is 1.39. The molecule has 0 spiro atoms. The second-order valence-corrected chi connectivity index (χ2v) is 5.05. The van der Waals surface area contributed by atoms with Crippen molar-refractivity contribution in [1.29, 1.82) is 0 Å². The maximum absolute atomic E-state index is 11.8. The van der Waals surface area contributed by atoms with Crippen molar-refractivity contribution in [3.05, 3.63) is 33.6 Å². The fourth-order valence-corrected chi connectivity index (χ4v) is 2.52. The lowest BCUT2D eigenvalue weighted by Crippen LogP contribution is -2.04. The molecule has 0 saturated carbocycles. The van der Waals surface area contributed by atoms with Crippen LogP contribution in [0, 0.1) is 0 Å². The molecule has 1 aromatic heterocycles. The largest absolute Gasteiger partial charge is 0.507 e. The molecule has 0 radical (unpaired) electrons. The van der Waals surface area contributed by atoms with E-state index in [2.05, 4.69) is 4.98 Å². The van der Waals surface area contributed by atoms with Crippen LogP contribution in [0.3, 0.4) is 0 Å². The zero-order chi connectivity index (χ0) is 16.1. The van der Waals surface area contributed by atoms with Crippen molar-refractivity contribution in [2.45, 2.75) is 0 Å². The van der Waals surface area contributed by atoms with E-state index in [0.29, 0.717) is 17.2 Å². The predicted molar refractivity (Wildman–Crippen MR) is 83.6 cm³/mol. The van der Waals surface area contributed by atoms with Crippen LogP contribution in [0.25, 0.3) is 12.2 Å². The third kappa shape index (κ3) is 3.20. The van der Waals surface area contributed by atoms with Crippen LogP contribution in [0.1, 0.15) is 20.8 Å². The molecule has 0 aliphatic rings. The van der Waals surface area contributed by atoms with Gasteiger partial charge in [-0.25, -0.2) is 9.78 Å². The minimum Gasteiger partial charge on any atom is -0.507 e. The van der Waals surface area contributed by atoms with Crippen LogP contribution in [0.15, 0.2) is 17.6 Å². The number of rotatable bonds is 5. The van der Waals surface area contributed by atoms with E-state index in [0.717, 1.165) is 4.88 Å². The summed E-state index contributed by atoms with van der Waals surface area (Å²) in [5.74, 6) is 0.0900. The van der Waals surface area contributed by atoms with Gasteiger partial charge in [0, 0.05) is 6.07 Å². The normalized spacial score (nSPS) is 10.7. The molecule has 0 bridgehead atoms. The molecule has 0 aliphatic heterocycles. The first-order valence-electron chi connectivity index (χ1n) is 6.25. The molecule has 2 rings (SSSR count). The van der Waals surface area contributed by atoms with Gasteiger partial charge in [-0.3, -0.25) is 0 Å². The van der Waals surface area contributed by atoms with Crippen molar-refractivity contribution in [3.8, 4) is 17.4 Å². The molecule has 0 unspecified atom stereocenters. The van der Waals surface area contributed by atoms with Gasteiger partial charge < -0.3 is 19.3 Å². The molecule has 1 aromatic carbocycles. The lowest BCUT2D eigenvalue weighted by molar-refractivity contribution is 0.0597. The molecule has 1 heterocycles. The van der Waals surface area contributed by atoms with Gasteiger partial charge in [0.15, 0.2) is 0 Å². The molecular weight excluding hydrogens is 306 g/mol. The van der Waals surface area contributed by atoms with Gasteiger partial charge >= 0.3 is 5.97 Å². The molecule has 2 aromatic rings. The standard InChI is InChI=1S/C15H15NO5S/c1-19-10-6-9(13(11(17)7-10)15(18)21-3)4-5-12-14(20-2)16-8-22-12/h4-8,17H,1-3H3/b5-4+. The number of ether oxygens (including phenoxy) is 3. The van der Waals surface area contributed by atoms with E-state index in [1.807, 2.05) is 0 Å². The van der Waals surface area contributed by atoms with E-state index < -0.39 is 5.97 Å². The van der Waals surface area contributed by atoms with E-state index in [1.165, 1.54) is 38.7 Å². The highest BCUT2D eigenvalue weighted by Crippen LogP contribution is 2.31. The van der Waals surface area contributed by atoms with Crippen molar-refractivity contribution in [1.82, 2.24) is 4.98 Å². The van der Waals surface area contributed by atoms with Gasteiger partial charge in [-0.05, 0) is 17.7 Å². The Labute approximate surface area is 131 Å². The van der Waals surface area contributed by atoms with Gasteiger partial charge in [-0.2, -0.15) is 0 Å². The molecule has 0 aliphatic carbocycles. The maximum Gasteiger partial charge on any atom is 0.342 e. The number of carbonyl (C=O) groups is 1. The number of thiazole rings is 1. The first kappa shape index (κ1) is 15.8. The van der Waals surface area contributed by atoms with E-state index >= 15 is 0 Å². The summed E-state index contributed by atoms with van der Waals surface area (Å²) in [6, 6.07) is 2.99. The number of carbonyl (C=O) groups excluding carboxylic acids is 1. The molecule has 6 nitrogen and oxygen atoms in total. The second-order valence-electron chi connectivity index (χ2n) is 4.16. The summed E-state index contributed by atoms with van der Waals surface area (Å²) in [5, 5.41) is 10.0. The van der Waals surface area contributed by atoms with Crippen molar-refractivity contribution in [2.24, 2.45) is 0 Å². The summed E-state index contributed by atoms with van der Waals surface area (Å²) in [4.78, 5) is 16.7. The van der Waals surface area contributed by atoms with Crippen LogP contribution in [0.2, 0.25) is 0 Å². The first-order chi connectivity index (χ1) is 10.6. The Kier molecular flexibility index (Phi) is 5.00. The SMILES string of the molecule is COC(=O)c1c(O)cc(OC)cc1/C=C/c1scnc1OC. The Morgan fingerprint density at radius 3 is 2.64 bits per heavy atom. The summed E-state index contributed by atoms with van der Waals surface area (Å²) < 4.78 is 14.9. The van der Waals surface area contributed by atoms with E-state index in [1.54, 1.807) is 23.7 Å². The number of phenolic OH excluding ortho intramolecular Hbond substituents is 1. The molecule has 0 saturated heterocycles. The number of aromatic nitrogens is 1. The maximum atomic E-state index is 11.8. The zero-order valence-electron chi connectivity index (χ0n) is 12.3. The average molecular weight is 321 g/mol. The van der Waals surface area contributed by atoms with Crippen LogP contribution in [0.5, 0.6) is 17.4 Å². The zero-order valence-corrected chi connectivity index (χ0v) is 13.1. The molecular formula is C15H15NO5S. The number of phenols is 1. The quantitative estimate of drug-likeness (QED) is 0.853. The van der Waals surface area contributed by atoms with Gasteiger partial charge in [-0.1, -0.05) is 6.08 Å². The predicted octanol–water partition coefficient (Wildman–Crippen LogP) is 2.82. The Balaban J connectivity index is 2.48. The number of nitrogens with zero attached hydrogens (tertiary/aromatic N) is 1. The summed E-state index contributed by atoms with van der Waals surface area (Å²) in [6.07, 6.45) is 3.42. The highest BCUT2D eigenvalue weighted by atomic mass is 32.1. The van der Waals surface area contributed by atoms with Crippen molar-refractivity contribution in [3.63, 3.8) is 0 Å². The number of hydrogen-bond donors (Lipinski definition) is 1. The van der Waals surface area contributed by atoms with Crippen LogP contribution in [0.4, 0.5) is 0 Å². The van der Waals surface area contributed by atoms with Crippen molar-refractivity contribution in [2.75, 3.05) is 21.3 Å². The minimum atomic E-state index is -0.629. The van der Waals surface area contributed by atoms with Gasteiger partial charge in [0.05, 0.1) is 31.7 Å². The van der Waals surface area contributed by atoms with E-state index in [-0.39, 0.29) is 11.3 Å². The average Bonchev–Trinajstić information content (AvgIpc) is 2.99. The second kappa shape index (κ2) is 6.95. The fraction of sp³-hybridized carbons (Fsp3) is 0.200. The Morgan fingerprint density at radius 1 is 1.23 bits per heavy atom. The third-order valence-corrected chi connectivity index (χ3v) is 3.69. The van der Waals surface area contributed by atoms with Gasteiger partial charge in [0.2, 0.25) is 5.88 Å². The first-order valence-corrected chi connectivity index (χ1v) is 7.13. The van der Waals surface area contributed by atoms with Crippen LogP contribution >= 0.6 is 11.3 Å². The van der Waals surface area contributed by atoms with Crippen molar-refractivity contribution >= 4 is 29.5 Å². The molecule has 116 valence electrons. The fourth-order valence-electron chi connectivity index (χ4n) is 1.87. The van der Waals surface area contributed by atoms with Crippen LogP contribution < -0.4 is 9.47 Å². The highest BCUT2D eigenvalue weighted by Gasteiger charge is 2.17.